The fourth-order valence-electron chi connectivity index (χ4n) is 4.12. The molecule has 4 aromatic rings. The highest BCUT2D eigenvalue weighted by Gasteiger charge is 2.37. The van der Waals surface area contributed by atoms with Crippen LogP contribution < -0.4 is 31.2 Å². The van der Waals surface area contributed by atoms with E-state index in [4.69, 9.17) is 20.9 Å². The van der Waals surface area contributed by atoms with Gasteiger partial charge in [0.15, 0.2) is 5.69 Å². The molecule has 0 radical (unpaired) electrons. The van der Waals surface area contributed by atoms with Gasteiger partial charge in [-0.2, -0.15) is 4.37 Å². The van der Waals surface area contributed by atoms with Gasteiger partial charge in [0, 0.05) is 6.54 Å². The van der Waals surface area contributed by atoms with Crippen LogP contribution in [0, 0.1) is 0 Å². The SMILES string of the molecule is CCOc1ccccc1N(C(=O)c1snc(C(N)=O)c1N)[C@H](C(=O)NCc1ccccc1)c1ccc(OC)cc1. The van der Waals surface area contributed by atoms with E-state index >= 15 is 0 Å². The number of carbonyl (C=O) groups is 3. The van der Waals surface area contributed by atoms with Crippen LogP contribution in [0.2, 0.25) is 0 Å². The molecule has 10 nitrogen and oxygen atoms in total. The maximum atomic E-state index is 14.3. The van der Waals surface area contributed by atoms with Crippen molar-refractivity contribution in [2.24, 2.45) is 5.73 Å². The minimum absolute atomic E-state index is 0.0329. The molecule has 1 heterocycles. The molecule has 0 fully saturated rings. The molecule has 0 saturated heterocycles. The van der Waals surface area contributed by atoms with Crippen molar-refractivity contribution in [2.45, 2.75) is 19.5 Å². The Labute approximate surface area is 235 Å². The number of primary amides is 1. The molecule has 11 heteroatoms. The molecule has 5 N–H and O–H groups in total. The van der Waals surface area contributed by atoms with Crippen LogP contribution in [-0.4, -0.2) is 35.8 Å². The van der Waals surface area contributed by atoms with Crippen LogP contribution in [0.15, 0.2) is 78.9 Å². The van der Waals surface area contributed by atoms with E-state index in [9.17, 15) is 14.4 Å². The van der Waals surface area contributed by atoms with Gasteiger partial charge in [-0.25, -0.2) is 0 Å². The van der Waals surface area contributed by atoms with Gasteiger partial charge in [0.25, 0.3) is 11.8 Å². The number of nitrogen functional groups attached to an aromatic ring is 1. The van der Waals surface area contributed by atoms with Crippen molar-refractivity contribution >= 4 is 40.6 Å². The van der Waals surface area contributed by atoms with Crippen molar-refractivity contribution < 1.29 is 23.9 Å². The summed E-state index contributed by atoms with van der Waals surface area (Å²) in [4.78, 5) is 41.4. The quantitative estimate of drug-likeness (QED) is 0.252. The molecular formula is C29H29N5O5S. The summed E-state index contributed by atoms with van der Waals surface area (Å²) in [5, 5.41) is 2.95. The Morgan fingerprint density at radius 2 is 1.68 bits per heavy atom. The largest absolute Gasteiger partial charge is 0.497 e. The Morgan fingerprint density at radius 1 is 1.00 bits per heavy atom. The van der Waals surface area contributed by atoms with Crippen molar-refractivity contribution in [3.8, 4) is 11.5 Å². The molecule has 0 saturated carbocycles. The van der Waals surface area contributed by atoms with Gasteiger partial charge in [-0.3, -0.25) is 19.3 Å². The normalized spacial score (nSPS) is 11.3. The Kier molecular flexibility index (Phi) is 8.97. The zero-order chi connectivity index (χ0) is 28.6. The van der Waals surface area contributed by atoms with Gasteiger partial charge in [0.2, 0.25) is 5.91 Å². The second-order valence-electron chi connectivity index (χ2n) is 8.59. The van der Waals surface area contributed by atoms with Crippen LogP contribution in [0.1, 0.15) is 44.3 Å². The number of nitrogens with one attached hydrogen (secondary N) is 1. The second kappa shape index (κ2) is 12.8. The van der Waals surface area contributed by atoms with Crippen LogP contribution in [0.5, 0.6) is 11.5 Å². The third-order valence-corrected chi connectivity index (χ3v) is 6.90. The molecule has 4 rings (SSSR count). The van der Waals surface area contributed by atoms with Gasteiger partial charge >= 0.3 is 0 Å². The Hall–Kier alpha value is -4.90. The number of anilines is 2. The van der Waals surface area contributed by atoms with E-state index in [0.29, 0.717) is 29.4 Å². The summed E-state index contributed by atoms with van der Waals surface area (Å²) < 4.78 is 15.1. The van der Waals surface area contributed by atoms with Crippen molar-refractivity contribution in [3.05, 3.63) is 101 Å². The van der Waals surface area contributed by atoms with E-state index in [1.807, 2.05) is 37.3 Å². The number of hydrogen-bond donors (Lipinski definition) is 3. The molecule has 0 spiro atoms. The lowest BCUT2D eigenvalue weighted by atomic mass is 10.0. The Balaban J connectivity index is 1.88. The summed E-state index contributed by atoms with van der Waals surface area (Å²) in [6.45, 7) is 2.37. The lowest BCUT2D eigenvalue weighted by Gasteiger charge is -2.32. The van der Waals surface area contributed by atoms with E-state index in [2.05, 4.69) is 9.69 Å². The number of aromatic nitrogens is 1. The molecule has 3 amide bonds. The van der Waals surface area contributed by atoms with E-state index in [1.54, 1.807) is 48.5 Å². The number of hydrogen-bond acceptors (Lipinski definition) is 8. The van der Waals surface area contributed by atoms with Gasteiger partial charge in [0.05, 0.1) is 25.1 Å². The number of methoxy groups -OCH3 is 1. The Bertz CT molecular complexity index is 1490. The van der Waals surface area contributed by atoms with Crippen LogP contribution in [0.4, 0.5) is 11.4 Å². The first-order valence-electron chi connectivity index (χ1n) is 12.4. The maximum Gasteiger partial charge on any atom is 0.273 e. The van der Waals surface area contributed by atoms with Crippen molar-refractivity contribution in [3.63, 3.8) is 0 Å². The van der Waals surface area contributed by atoms with Crippen LogP contribution in [0.3, 0.4) is 0 Å². The molecule has 3 aromatic carbocycles. The number of amides is 3. The number of nitrogens with two attached hydrogens (primary N) is 2. The molecule has 0 unspecified atom stereocenters. The average molecular weight is 560 g/mol. The summed E-state index contributed by atoms with van der Waals surface area (Å²) in [7, 11) is 1.54. The summed E-state index contributed by atoms with van der Waals surface area (Å²) in [5.74, 6) is -0.998. The predicted octanol–water partition coefficient (Wildman–Crippen LogP) is 3.94. The first kappa shape index (κ1) is 28.1. The van der Waals surface area contributed by atoms with Crippen LogP contribution in [-0.2, 0) is 11.3 Å². The summed E-state index contributed by atoms with van der Waals surface area (Å²) in [6, 6.07) is 22.0. The molecule has 40 heavy (non-hydrogen) atoms. The zero-order valence-electron chi connectivity index (χ0n) is 22.0. The highest BCUT2D eigenvalue weighted by molar-refractivity contribution is 7.09. The standard InChI is InChI=1S/C29H29N5O5S/c1-3-39-22-12-8-7-11-21(22)34(29(37)26-23(30)24(27(31)35)33-40-26)25(19-13-15-20(38-2)16-14-19)28(36)32-17-18-9-5-4-6-10-18/h4-16,25H,3,17,30H2,1-2H3,(H2,31,35)(H,32,36)/t25-/m0/s1. The number of nitrogens with zero attached hydrogens (tertiary/aromatic N) is 2. The van der Waals surface area contributed by atoms with Gasteiger partial charge in [-0.1, -0.05) is 54.6 Å². The van der Waals surface area contributed by atoms with E-state index < -0.39 is 23.8 Å². The monoisotopic (exact) mass is 559 g/mol. The molecule has 0 aliphatic heterocycles. The fraction of sp³-hybridized carbons (Fsp3) is 0.172. The second-order valence-corrected chi connectivity index (χ2v) is 9.37. The maximum absolute atomic E-state index is 14.3. The molecule has 206 valence electrons. The summed E-state index contributed by atoms with van der Waals surface area (Å²) in [5.41, 5.74) is 12.9. The smallest absolute Gasteiger partial charge is 0.273 e. The predicted molar refractivity (Wildman–Crippen MR) is 153 cm³/mol. The first-order valence-corrected chi connectivity index (χ1v) is 13.2. The fourth-order valence-corrected chi connectivity index (χ4v) is 4.87. The summed E-state index contributed by atoms with van der Waals surface area (Å²) >= 11 is 0.736. The minimum Gasteiger partial charge on any atom is -0.497 e. The lowest BCUT2D eigenvalue weighted by molar-refractivity contribution is -0.122. The van der Waals surface area contributed by atoms with E-state index in [-0.39, 0.29) is 22.8 Å². The number of carbonyl (C=O) groups excluding carboxylic acids is 3. The highest BCUT2D eigenvalue weighted by atomic mass is 32.1. The summed E-state index contributed by atoms with van der Waals surface area (Å²) in [6.07, 6.45) is 0. The minimum atomic E-state index is -1.16. The van der Waals surface area contributed by atoms with Crippen molar-refractivity contribution in [2.75, 3.05) is 24.4 Å². The average Bonchev–Trinajstić information content (AvgIpc) is 3.37. The molecule has 0 bridgehead atoms. The van der Waals surface area contributed by atoms with E-state index in [1.165, 1.54) is 12.0 Å². The van der Waals surface area contributed by atoms with Crippen molar-refractivity contribution in [1.82, 2.24) is 9.69 Å². The molecule has 0 aliphatic carbocycles. The van der Waals surface area contributed by atoms with Crippen molar-refractivity contribution in [1.29, 1.82) is 0 Å². The topological polar surface area (TPSA) is 150 Å². The molecule has 1 aromatic heterocycles. The van der Waals surface area contributed by atoms with Gasteiger partial charge < -0.3 is 26.3 Å². The molecule has 1 atom stereocenters. The zero-order valence-corrected chi connectivity index (χ0v) is 22.8. The molecular weight excluding hydrogens is 530 g/mol. The van der Waals surface area contributed by atoms with Gasteiger partial charge in [-0.05, 0) is 53.8 Å². The number of benzene rings is 3. The van der Waals surface area contributed by atoms with Crippen LogP contribution in [0.25, 0.3) is 0 Å². The molecule has 0 aliphatic rings. The highest BCUT2D eigenvalue weighted by Crippen LogP contribution is 2.38. The van der Waals surface area contributed by atoms with Crippen LogP contribution >= 0.6 is 11.5 Å². The third-order valence-electron chi connectivity index (χ3n) is 6.05. The third kappa shape index (κ3) is 6.05. The number of para-hydroxylation sites is 2. The van der Waals surface area contributed by atoms with E-state index in [0.717, 1.165) is 17.1 Å². The van der Waals surface area contributed by atoms with Gasteiger partial charge in [-0.15, -0.1) is 0 Å². The Morgan fingerprint density at radius 3 is 2.30 bits per heavy atom. The number of ether oxygens (including phenoxy) is 2. The first-order chi connectivity index (χ1) is 19.3. The van der Waals surface area contributed by atoms with Gasteiger partial charge in [0.1, 0.15) is 22.4 Å². The lowest BCUT2D eigenvalue weighted by Crippen LogP contribution is -2.44. The number of rotatable bonds is 11.